The van der Waals surface area contributed by atoms with E-state index in [1.165, 1.54) is 3.97 Å². The van der Waals surface area contributed by atoms with Gasteiger partial charge in [0.2, 0.25) is 0 Å². The first-order valence-electron chi connectivity index (χ1n) is 6.81. The predicted molar refractivity (Wildman–Crippen MR) is 85.2 cm³/mol. The van der Waals surface area contributed by atoms with E-state index < -0.39 is 10.0 Å². The molecule has 0 aliphatic heterocycles. The number of nitrogens with zero attached hydrogens (tertiary/aromatic N) is 1. The van der Waals surface area contributed by atoms with E-state index in [4.69, 9.17) is 0 Å². The molecule has 0 fully saturated rings. The molecule has 3 rings (SSSR count). The van der Waals surface area contributed by atoms with Crippen molar-refractivity contribution in [2.24, 2.45) is 0 Å². The molecule has 0 radical (unpaired) electrons. The maximum absolute atomic E-state index is 12.8. The number of hydrogen-bond donors (Lipinski definition) is 0. The summed E-state index contributed by atoms with van der Waals surface area (Å²) in [5, 5.41) is 0.984. The van der Waals surface area contributed by atoms with E-state index in [1.807, 2.05) is 32.9 Å². The Morgan fingerprint density at radius 1 is 0.905 bits per heavy atom. The molecule has 108 valence electrons. The van der Waals surface area contributed by atoms with Crippen LogP contribution in [-0.2, 0) is 10.0 Å². The van der Waals surface area contributed by atoms with Crippen LogP contribution in [-0.4, -0.2) is 12.4 Å². The van der Waals surface area contributed by atoms with Crippen molar-refractivity contribution in [3.63, 3.8) is 0 Å². The van der Waals surface area contributed by atoms with Crippen LogP contribution in [0.4, 0.5) is 0 Å². The van der Waals surface area contributed by atoms with Crippen molar-refractivity contribution in [1.82, 2.24) is 3.97 Å². The summed E-state index contributed by atoms with van der Waals surface area (Å²) in [5.74, 6) is 0. The minimum atomic E-state index is -3.56. The highest BCUT2D eigenvalue weighted by Crippen LogP contribution is 2.29. The quantitative estimate of drug-likeness (QED) is 0.722. The molecule has 4 heteroatoms. The Labute approximate surface area is 124 Å². The number of aromatic nitrogens is 1. The van der Waals surface area contributed by atoms with E-state index in [-0.39, 0.29) is 0 Å². The molecule has 3 nitrogen and oxygen atoms in total. The van der Waals surface area contributed by atoms with E-state index >= 15 is 0 Å². The molecule has 0 amide bonds. The van der Waals surface area contributed by atoms with E-state index in [2.05, 4.69) is 6.07 Å². The third kappa shape index (κ3) is 2.07. The van der Waals surface area contributed by atoms with Crippen molar-refractivity contribution in [3.05, 3.63) is 65.4 Å². The van der Waals surface area contributed by atoms with Crippen LogP contribution in [0.2, 0.25) is 0 Å². The van der Waals surface area contributed by atoms with Gasteiger partial charge in [-0.15, -0.1) is 0 Å². The molecular formula is C17H17NO2S. The van der Waals surface area contributed by atoms with Gasteiger partial charge in [0.25, 0.3) is 10.0 Å². The average molecular weight is 299 g/mol. The highest BCUT2D eigenvalue weighted by Gasteiger charge is 2.20. The SMILES string of the molecule is Cc1cc(C)c2ccn(S(=O)(=O)c3ccccc3)c2c1C. The second kappa shape index (κ2) is 4.74. The van der Waals surface area contributed by atoms with E-state index in [1.54, 1.807) is 30.5 Å². The molecule has 1 aromatic heterocycles. The lowest BCUT2D eigenvalue weighted by atomic mass is 10.0. The number of aryl methyl sites for hydroxylation is 3. The topological polar surface area (TPSA) is 39.1 Å². The molecule has 0 atom stereocenters. The smallest absolute Gasteiger partial charge is 0.241 e. The van der Waals surface area contributed by atoms with E-state index in [0.717, 1.165) is 27.6 Å². The van der Waals surface area contributed by atoms with Gasteiger partial charge in [0.1, 0.15) is 0 Å². The summed E-state index contributed by atoms with van der Waals surface area (Å²) in [5.41, 5.74) is 3.97. The lowest BCUT2D eigenvalue weighted by molar-refractivity contribution is 0.589. The first kappa shape index (κ1) is 13.9. The van der Waals surface area contributed by atoms with Crippen LogP contribution in [0.25, 0.3) is 10.9 Å². The average Bonchev–Trinajstić information content (AvgIpc) is 2.92. The van der Waals surface area contributed by atoms with Crippen LogP contribution in [0, 0.1) is 20.8 Å². The fourth-order valence-electron chi connectivity index (χ4n) is 2.70. The first-order valence-corrected chi connectivity index (χ1v) is 8.25. The molecule has 0 unspecified atom stereocenters. The van der Waals surface area contributed by atoms with Crippen LogP contribution >= 0.6 is 0 Å². The Bertz CT molecular complexity index is 922. The van der Waals surface area contributed by atoms with Crippen LogP contribution in [0.5, 0.6) is 0 Å². The van der Waals surface area contributed by atoms with Crippen molar-refractivity contribution in [1.29, 1.82) is 0 Å². The summed E-state index contributed by atoms with van der Waals surface area (Å²) in [6, 6.07) is 12.5. The highest BCUT2D eigenvalue weighted by molar-refractivity contribution is 7.90. The number of fused-ring (bicyclic) bond motifs is 1. The van der Waals surface area contributed by atoms with Gasteiger partial charge in [-0.2, -0.15) is 0 Å². The predicted octanol–water partition coefficient (Wildman–Crippen LogP) is 3.80. The Balaban J connectivity index is 2.37. The summed E-state index contributed by atoms with van der Waals surface area (Å²) in [6.45, 7) is 5.98. The van der Waals surface area contributed by atoms with Gasteiger partial charge in [-0.1, -0.05) is 24.3 Å². The van der Waals surface area contributed by atoms with E-state index in [0.29, 0.717) is 4.90 Å². The Kier molecular flexibility index (Phi) is 3.14. The molecule has 0 saturated carbocycles. The molecular weight excluding hydrogens is 282 g/mol. The van der Waals surface area contributed by atoms with Gasteiger partial charge in [-0.25, -0.2) is 12.4 Å². The van der Waals surface area contributed by atoms with Crippen molar-refractivity contribution < 1.29 is 8.42 Å². The molecule has 0 saturated heterocycles. The molecule has 3 aromatic rings. The Morgan fingerprint density at radius 3 is 2.24 bits per heavy atom. The van der Waals surface area contributed by atoms with Crippen LogP contribution in [0.1, 0.15) is 16.7 Å². The Hall–Kier alpha value is -2.07. The third-order valence-electron chi connectivity index (χ3n) is 3.96. The van der Waals surface area contributed by atoms with Gasteiger partial charge in [0.05, 0.1) is 10.4 Å². The standard InChI is InChI=1S/C17H17NO2S/c1-12-11-13(2)16-9-10-18(17(16)14(12)3)21(19,20)15-7-5-4-6-8-15/h4-11H,1-3H3. The molecule has 1 heterocycles. The largest absolute Gasteiger partial charge is 0.268 e. The zero-order valence-corrected chi connectivity index (χ0v) is 13.1. The van der Waals surface area contributed by atoms with Gasteiger partial charge in [-0.3, -0.25) is 0 Å². The summed E-state index contributed by atoms with van der Waals surface area (Å²) >= 11 is 0. The zero-order chi connectivity index (χ0) is 15.2. The molecule has 21 heavy (non-hydrogen) atoms. The fraction of sp³-hybridized carbons (Fsp3) is 0.176. The van der Waals surface area contributed by atoms with Crippen LogP contribution in [0.3, 0.4) is 0 Å². The van der Waals surface area contributed by atoms with Crippen molar-refractivity contribution in [3.8, 4) is 0 Å². The van der Waals surface area contributed by atoms with Crippen molar-refractivity contribution in [2.75, 3.05) is 0 Å². The molecule has 0 aliphatic carbocycles. The van der Waals surface area contributed by atoms with Gasteiger partial charge < -0.3 is 0 Å². The molecule has 0 aliphatic rings. The minimum absolute atomic E-state index is 0.307. The monoisotopic (exact) mass is 299 g/mol. The highest BCUT2D eigenvalue weighted by atomic mass is 32.2. The maximum atomic E-state index is 12.8. The first-order chi connectivity index (χ1) is 9.93. The molecule has 2 aromatic carbocycles. The summed E-state index contributed by atoms with van der Waals surface area (Å²) in [6.07, 6.45) is 1.65. The lowest BCUT2D eigenvalue weighted by Crippen LogP contribution is -2.12. The molecule has 0 spiro atoms. The minimum Gasteiger partial charge on any atom is -0.241 e. The summed E-state index contributed by atoms with van der Waals surface area (Å²) in [4.78, 5) is 0.307. The van der Waals surface area contributed by atoms with Crippen LogP contribution < -0.4 is 0 Å². The second-order valence-electron chi connectivity index (χ2n) is 5.33. The lowest BCUT2D eigenvalue weighted by Gasteiger charge is -2.12. The molecule has 0 N–H and O–H groups in total. The van der Waals surface area contributed by atoms with Crippen molar-refractivity contribution >= 4 is 20.9 Å². The van der Waals surface area contributed by atoms with E-state index in [9.17, 15) is 8.42 Å². The van der Waals surface area contributed by atoms with Gasteiger partial charge >= 0.3 is 0 Å². The normalized spacial score (nSPS) is 12.0. The number of rotatable bonds is 2. The molecule has 0 bridgehead atoms. The summed E-state index contributed by atoms with van der Waals surface area (Å²) < 4.78 is 27.1. The second-order valence-corrected chi connectivity index (χ2v) is 7.14. The fourth-order valence-corrected chi connectivity index (χ4v) is 4.13. The Morgan fingerprint density at radius 2 is 1.57 bits per heavy atom. The maximum Gasteiger partial charge on any atom is 0.268 e. The summed E-state index contributed by atoms with van der Waals surface area (Å²) in [7, 11) is -3.56. The van der Waals surface area contributed by atoms with Crippen LogP contribution in [0.15, 0.2) is 53.6 Å². The number of hydrogen-bond acceptors (Lipinski definition) is 2. The van der Waals surface area contributed by atoms with Gasteiger partial charge in [0.15, 0.2) is 0 Å². The van der Waals surface area contributed by atoms with Gasteiger partial charge in [0, 0.05) is 11.6 Å². The van der Waals surface area contributed by atoms with Gasteiger partial charge in [-0.05, 0) is 55.7 Å². The zero-order valence-electron chi connectivity index (χ0n) is 12.3. The van der Waals surface area contributed by atoms with Crippen molar-refractivity contribution in [2.45, 2.75) is 25.7 Å². The third-order valence-corrected chi connectivity index (χ3v) is 5.65. The number of benzene rings is 2.